The number of aromatic nitrogens is 1. The van der Waals surface area contributed by atoms with Crippen LogP contribution in [0.5, 0.6) is 5.88 Å². The minimum Gasteiger partial charge on any atom is -0.447 e. The Morgan fingerprint density at radius 3 is 2.61 bits per heavy atom. The Morgan fingerprint density at radius 1 is 1.30 bits per heavy atom. The first-order chi connectivity index (χ1) is 11.0. The van der Waals surface area contributed by atoms with Crippen molar-refractivity contribution in [3.05, 3.63) is 22.3 Å². The average molecular weight is 362 g/mol. The van der Waals surface area contributed by atoms with Crippen molar-refractivity contribution in [2.24, 2.45) is 0 Å². The van der Waals surface area contributed by atoms with Crippen molar-refractivity contribution in [3.8, 4) is 5.88 Å². The maximum absolute atomic E-state index is 12.5. The van der Waals surface area contributed by atoms with E-state index < -0.39 is 12.1 Å². The van der Waals surface area contributed by atoms with Crippen LogP contribution in [0.15, 0.2) is 12.3 Å². The van der Waals surface area contributed by atoms with Gasteiger partial charge in [0.15, 0.2) is 0 Å². The number of likely N-dealkylation sites (tertiary alicyclic amines) is 1. The summed E-state index contributed by atoms with van der Waals surface area (Å²) in [6, 6.07) is 0.802. The second kappa shape index (κ2) is 8.21. The van der Waals surface area contributed by atoms with Gasteiger partial charge < -0.3 is 14.5 Å². The fraction of sp³-hybridized carbons (Fsp3) is 0.500. The number of ether oxygens (including phenoxy) is 1. The molecule has 0 N–H and O–H groups in total. The minimum atomic E-state index is -0.920. The molecule has 0 aromatic carbocycles. The second-order valence-electron chi connectivity index (χ2n) is 4.86. The first-order valence-corrected chi connectivity index (χ1v) is 8.03. The largest absolute Gasteiger partial charge is 0.452 e. The van der Waals surface area contributed by atoms with Gasteiger partial charge in [0.1, 0.15) is 5.02 Å². The number of hydroxylamine groups is 2. The molecule has 0 spiro atoms. The summed E-state index contributed by atoms with van der Waals surface area (Å²) in [7, 11) is 0. The van der Waals surface area contributed by atoms with Crippen molar-refractivity contribution in [2.75, 3.05) is 19.7 Å². The zero-order valence-corrected chi connectivity index (χ0v) is 14.1. The highest BCUT2D eigenvalue weighted by molar-refractivity contribution is 6.35. The Labute approximate surface area is 144 Å². The van der Waals surface area contributed by atoms with Crippen molar-refractivity contribution in [2.45, 2.75) is 26.2 Å². The lowest BCUT2D eigenvalue weighted by Crippen LogP contribution is -2.49. The van der Waals surface area contributed by atoms with Crippen molar-refractivity contribution in [1.29, 1.82) is 0 Å². The number of piperidine rings is 1. The van der Waals surface area contributed by atoms with Crippen LogP contribution in [-0.2, 0) is 4.74 Å². The molecule has 0 saturated carbocycles. The number of carbonyl (C=O) groups is 2. The zero-order valence-electron chi connectivity index (χ0n) is 12.6. The SMILES string of the molecule is CCOC(=O)N(Oc1ncc(Cl)cc1Cl)C(=O)N1CCCCC1. The highest BCUT2D eigenvalue weighted by Crippen LogP contribution is 2.26. The number of rotatable bonds is 3. The Kier molecular flexibility index (Phi) is 6.29. The normalized spacial score (nSPS) is 14.3. The monoisotopic (exact) mass is 361 g/mol. The molecule has 0 bridgehead atoms. The summed E-state index contributed by atoms with van der Waals surface area (Å²) in [5.41, 5.74) is 0. The number of urea groups is 1. The van der Waals surface area contributed by atoms with Gasteiger partial charge in [-0.25, -0.2) is 14.6 Å². The molecule has 0 radical (unpaired) electrons. The van der Waals surface area contributed by atoms with Crippen LogP contribution in [0, 0.1) is 0 Å². The second-order valence-corrected chi connectivity index (χ2v) is 5.70. The maximum atomic E-state index is 12.5. The van der Waals surface area contributed by atoms with E-state index in [-0.39, 0.29) is 17.5 Å². The van der Waals surface area contributed by atoms with Gasteiger partial charge in [-0.05, 0) is 37.3 Å². The third-order valence-corrected chi connectivity index (χ3v) is 3.66. The average Bonchev–Trinajstić information content (AvgIpc) is 2.54. The Morgan fingerprint density at radius 2 is 2.00 bits per heavy atom. The fourth-order valence-electron chi connectivity index (χ4n) is 2.11. The number of amides is 3. The molecule has 7 nitrogen and oxygen atoms in total. The van der Waals surface area contributed by atoms with E-state index in [1.807, 2.05) is 0 Å². The predicted molar refractivity (Wildman–Crippen MR) is 84.6 cm³/mol. The molecule has 1 aromatic rings. The van der Waals surface area contributed by atoms with Crippen molar-refractivity contribution in [3.63, 3.8) is 0 Å². The van der Waals surface area contributed by atoms with Crippen LogP contribution in [0.4, 0.5) is 9.59 Å². The third kappa shape index (κ3) is 4.62. The molecule has 126 valence electrons. The number of carbonyl (C=O) groups excluding carboxylic acids is 2. The topological polar surface area (TPSA) is 72.0 Å². The molecule has 0 atom stereocenters. The first kappa shape index (κ1) is 17.6. The molecule has 3 amide bonds. The number of pyridine rings is 1. The highest BCUT2D eigenvalue weighted by atomic mass is 35.5. The van der Waals surface area contributed by atoms with Gasteiger partial charge in [-0.2, -0.15) is 0 Å². The van der Waals surface area contributed by atoms with Gasteiger partial charge >= 0.3 is 12.1 Å². The lowest BCUT2D eigenvalue weighted by molar-refractivity contribution is -0.0285. The Balaban J connectivity index is 2.19. The molecule has 1 saturated heterocycles. The van der Waals surface area contributed by atoms with Gasteiger partial charge in [0.25, 0.3) is 5.88 Å². The number of halogens is 2. The van der Waals surface area contributed by atoms with E-state index in [1.165, 1.54) is 17.2 Å². The van der Waals surface area contributed by atoms with Crippen LogP contribution in [0.1, 0.15) is 26.2 Å². The summed E-state index contributed by atoms with van der Waals surface area (Å²) in [6.07, 6.45) is 3.19. The molecule has 23 heavy (non-hydrogen) atoms. The van der Waals surface area contributed by atoms with Crippen LogP contribution in [0.25, 0.3) is 0 Å². The number of hydrogen-bond acceptors (Lipinski definition) is 5. The molecular weight excluding hydrogens is 345 g/mol. The molecule has 1 fully saturated rings. The molecule has 2 rings (SSSR count). The van der Waals surface area contributed by atoms with Gasteiger partial charge in [0, 0.05) is 19.3 Å². The standard InChI is InChI=1S/C14H17Cl2N3O4/c1-2-22-14(21)19(13(20)18-6-4-3-5-7-18)23-12-11(16)8-10(15)9-17-12/h8-9H,2-7H2,1H3. The summed E-state index contributed by atoms with van der Waals surface area (Å²) < 4.78 is 4.87. The van der Waals surface area contributed by atoms with E-state index in [0.717, 1.165) is 19.3 Å². The summed E-state index contributed by atoms with van der Waals surface area (Å²) in [4.78, 5) is 35.3. The summed E-state index contributed by atoms with van der Waals surface area (Å²) >= 11 is 11.7. The van der Waals surface area contributed by atoms with Crippen LogP contribution in [0.2, 0.25) is 10.0 Å². The van der Waals surface area contributed by atoms with Gasteiger partial charge in [-0.15, -0.1) is 0 Å². The molecule has 1 aromatic heterocycles. The number of hydrogen-bond donors (Lipinski definition) is 0. The van der Waals surface area contributed by atoms with Gasteiger partial charge in [0.05, 0.1) is 11.6 Å². The Hall–Kier alpha value is -1.73. The van der Waals surface area contributed by atoms with E-state index in [0.29, 0.717) is 23.2 Å². The minimum absolute atomic E-state index is 0.0817. The van der Waals surface area contributed by atoms with Crippen molar-refractivity contribution in [1.82, 2.24) is 14.9 Å². The molecule has 2 heterocycles. The molecule has 1 aliphatic heterocycles. The van der Waals surface area contributed by atoms with Gasteiger partial charge in [0.2, 0.25) is 0 Å². The van der Waals surface area contributed by atoms with Crippen LogP contribution in [0.3, 0.4) is 0 Å². The fourth-order valence-corrected chi connectivity index (χ4v) is 2.52. The van der Waals surface area contributed by atoms with E-state index in [2.05, 4.69) is 4.98 Å². The first-order valence-electron chi connectivity index (χ1n) is 7.27. The summed E-state index contributed by atoms with van der Waals surface area (Å²) in [6.45, 7) is 2.85. The molecular formula is C14H17Cl2N3O4. The van der Waals surface area contributed by atoms with Crippen molar-refractivity contribution < 1.29 is 19.2 Å². The predicted octanol–water partition coefficient (Wildman–Crippen LogP) is 3.75. The third-order valence-electron chi connectivity index (χ3n) is 3.19. The lowest BCUT2D eigenvalue weighted by Gasteiger charge is -2.30. The summed E-state index contributed by atoms with van der Waals surface area (Å²) in [5, 5.41) is 0.933. The van der Waals surface area contributed by atoms with E-state index in [9.17, 15) is 9.59 Å². The number of imide groups is 1. The molecule has 1 aliphatic rings. The van der Waals surface area contributed by atoms with Crippen LogP contribution >= 0.6 is 23.2 Å². The zero-order chi connectivity index (χ0) is 16.8. The van der Waals surface area contributed by atoms with Gasteiger partial charge in [-0.1, -0.05) is 23.2 Å². The molecule has 9 heteroatoms. The highest BCUT2D eigenvalue weighted by Gasteiger charge is 2.32. The van der Waals surface area contributed by atoms with E-state index >= 15 is 0 Å². The van der Waals surface area contributed by atoms with Crippen LogP contribution in [-0.4, -0.2) is 46.8 Å². The van der Waals surface area contributed by atoms with E-state index in [4.69, 9.17) is 32.8 Å². The van der Waals surface area contributed by atoms with Crippen LogP contribution < -0.4 is 4.84 Å². The smallest absolute Gasteiger partial charge is 0.447 e. The molecule has 0 aliphatic carbocycles. The summed E-state index contributed by atoms with van der Waals surface area (Å²) in [5.74, 6) is -0.102. The lowest BCUT2D eigenvalue weighted by atomic mass is 10.1. The quantitative estimate of drug-likeness (QED) is 0.766. The number of nitrogens with zero attached hydrogens (tertiary/aromatic N) is 3. The Bertz CT molecular complexity index is 579. The molecule has 0 unspecified atom stereocenters. The van der Waals surface area contributed by atoms with Crippen molar-refractivity contribution >= 4 is 35.3 Å². The maximum Gasteiger partial charge on any atom is 0.452 e. The van der Waals surface area contributed by atoms with Gasteiger partial charge in [-0.3, -0.25) is 0 Å². The van der Waals surface area contributed by atoms with E-state index in [1.54, 1.807) is 6.92 Å².